The summed E-state index contributed by atoms with van der Waals surface area (Å²) in [6, 6.07) is 5.74. The second-order valence-corrected chi connectivity index (χ2v) is 4.10. The third kappa shape index (κ3) is 3.23. The van der Waals surface area contributed by atoms with Gasteiger partial charge in [-0.3, -0.25) is 0 Å². The maximum absolute atomic E-state index is 5.60. The standard InChI is InChI=1S/C12H16N2O2S/c1-2-13-12(17)14-9-4-5-10-11(8-9)16-7-3-6-15-10/h4-5,8H,2-3,6-7H2,1H3,(H2,13,14,17). The lowest BCUT2D eigenvalue weighted by molar-refractivity contribution is 0.297. The van der Waals surface area contributed by atoms with Gasteiger partial charge in [-0.05, 0) is 31.3 Å². The van der Waals surface area contributed by atoms with E-state index in [4.69, 9.17) is 21.7 Å². The van der Waals surface area contributed by atoms with Crippen LogP contribution >= 0.6 is 12.2 Å². The van der Waals surface area contributed by atoms with Crippen LogP contribution in [0.1, 0.15) is 13.3 Å². The average molecular weight is 252 g/mol. The van der Waals surface area contributed by atoms with Gasteiger partial charge >= 0.3 is 0 Å². The average Bonchev–Trinajstić information content (AvgIpc) is 2.53. The Kier molecular flexibility index (Phi) is 4.03. The second-order valence-electron chi connectivity index (χ2n) is 3.70. The minimum Gasteiger partial charge on any atom is -0.490 e. The molecule has 0 aliphatic carbocycles. The summed E-state index contributed by atoms with van der Waals surface area (Å²) in [7, 11) is 0. The van der Waals surface area contributed by atoms with E-state index in [-0.39, 0.29) is 0 Å². The van der Waals surface area contributed by atoms with Crippen molar-refractivity contribution >= 4 is 23.0 Å². The van der Waals surface area contributed by atoms with Crippen molar-refractivity contribution in [1.82, 2.24) is 5.32 Å². The van der Waals surface area contributed by atoms with Gasteiger partial charge in [0.2, 0.25) is 0 Å². The molecule has 0 unspecified atom stereocenters. The summed E-state index contributed by atoms with van der Waals surface area (Å²) in [5.74, 6) is 1.56. The van der Waals surface area contributed by atoms with E-state index < -0.39 is 0 Å². The molecule has 5 heteroatoms. The zero-order valence-corrected chi connectivity index (χ0v) is 10.6. The first kappa shape index (κ1) is 12.0. The summed E-state index contributed by atoms with van der Waals surface area (Å²) >= 11 is 5.12. The zero-order chi connectivity index (χ0) is 12.1. The predicted molar refractivity (Wildman–Crippen MR) is 71.9 cm³/mol. The molecule has 0 bridgehead atoms. The van der Waals surface area contributed by atoms with Crippen molar-refractivity contribution in [3.8, 4) is 11.5 Å². The van der Waals surface area contributed by atoms with E-state index in [1.165, 1.54) is 0 Å². The molecule has 0 aromatic heterocycles. The molecular weight excluding hydrogens is 236 g/mol. The minimum atomic E-state index is 0.613. The van der Waals surface area contributed by atoms with Gasteiger partial charge in [0, 0.05) is 24.7 Å². The Morgan fingerprint density at radius 1 is 1.29 bits per heavy atom. The molecule has 1 heterocycles. The van der Waals surface area contributed by atoms with Gasteiger partial charge in [-0.1, -0.05) is 0 Å². The summed E-state index contributed by atoms with van der Waals surface area (Å²) in [5, 5.41) is 6.75. The number of nitrogens with one attached hydrogen (secondary N) is 2. The summed E-state index contributed by atoms with van der Waals surface area (Å²) in [6.45, 7) is 4.20. The van der Waals surface area contributed by atoms with Crippen LogP contribution in [0.2, 0.25) is 0 Å². The zero-order valence-electron chi connectivity index (χ0n) is 9.79. The molecule has 0 radical (unpaired) electrons. The summed E-state index contributed by atoms with van der Waals surface area (Å²) in [6.07, 6.45) is 0.910. The fourth-order valence-electron chi connectivity index (χ4n) is 1.58. The number of hydrogen-bond donors (Lipinski definition) is 2. The van der Waals surface area contributed by atoms with Gasteiger partial charge in [-0.25, -0.2) is 0 Å². The molecule has 0 spiro atoms. The van der Waals surface area contributed by atoms with Crippen LogP contribution < -0.4 is 20.1 Å². The summed E-state index contributed by atoms with van der Waals surface area (Å²) in [5.41, 5.74) is 0.903. The van der Waals surface area contributed by atoms with Crippen LogP contribution in [0.4, 0.5) is 5.69 Å². The molecule has 17 heavy (non-hydrogen) atoms. The van der Waals surface area contributed by atoms with E-state index in [1.807, 2.05) is 25.1 Å². The Labute approximate surface area is 106 Å². The van der Waals surface area contributed by atoms with Crippen molar-refractivity contribution in [3.05, 3.63) is 18.2 Å². The molecule has 0 saturated carbocycles. The van der Waals surface area contributed by atoms with Crippen molar-refractivity contribution in [2.75, 3.05) is 25.1 Å². The highest BCUT2D eigenvalue weighted by Gasteiger charge is 2.10. The molecule has 1 aliphatic heterocycles. The van der Waals surface area contributed by atoms with Gasteiger partial charge in [0.25, 0.3) is 0 Å². The predicted octanol–water partition coefficient (Wildman–Crippen LogP) is 2.15. The van der Waals surface area contributed by atoms with Crippen LogP contribution in [0.25, 0.3) is 0 Å². The molecular formula is C12H16N2O2S. The fourth-order valence-corrected chi connectivity index (χ4v) is 1.84. The number of ether oxygens (including phenoxy) is 2. The van der Waals surface area contributed by atoms with Crippen LogP contribution in [0.15, 0.2) is 18.2 Å². The lowest BCUT2D eigenvalue weighted by Crippen LogP contribution is -2.27. The van der Waals surface area contributed by atoms with E-state index in [9.17, 15) is 0 Å². The van der Waals surface area contributed by atoms with Gasteiger partial charge in [0.1, 0.15) is 0 Å². The molecule has 2 rings (SSSR count). The number of anilines is 1. The molecule has 0 fully saturated rings. The quantitative estimate of drug-likeness (QED) is 0.790. The van der Waals surface area contributed by atoms with E-state index >= 15 is 0 Å². The third-order valence-electron chi connectivity index (χ3n) is 2.34. The van der Waals surface area contributed by atoms with Crippen molar-refractivity contribution in [1.29, 1.82) is 0 Å². The van der Waals surface area contributed by atoms with Gasteiger partial charge in [-0.15, -0.1) is 0 Å². The minimum absolute atomic E-state index is 0.613. The highest BCUT2D eigenvalue weighted by Crippen LogP contribution is 2.32. The molecule has 1 aromatic carbocycles. The van der Waals surface area contributed by atoms with Crippen LogP contribution in [-0.4, -0.2) is 24.9 Å². The summed E-state index contributed by atoms with van der Waals surface area (Å²) < 4.78 is 11.2. The number of fused-ring (bicyclic) bond motifs is 1. The Balaban J connectivity index is 2.09. The first-order valence-electron chi connectivity index (χ1n) is 5.74. The number of benzene rings is 1. The van der Waals surface area contributed by atoms with Crippen molar-refractivity contribution in [2.45, 2.75) is 13.3 Å². The van der Waals surface area contributed by atoms with Crippen LogP contribution in [0, 0.1) is 0 Å². The first-order valence-corrected chi connectivity index (χ1v) is 6.15. The van der Waals surface area contributed by atoms with Gasteiger partial charge < -0.3 is 20.1 Å². The van der Waals surface area contributed by atoms with E-state index in [2.05, 4.69) is 10.6 Å². The van der Waals surface area contributed by atoms with Crippen LogP contribution in [0.3, 0.4) is 0 Å². The lowest BCUT2D eigenvalue weighted by Gasteiger charge is -2.12. The Morgan fingerprint density at radius 3 is 2.82 bits per heavy atom. The van der Waals surface area contributed by atoms with E-state index in [0.29, 0.717) is 18.3 Å². The van der Waals surface area contributed by atoms with E-state index in [0.717, 1.165) is 30.2 Å². The fraction of sp³-hybridized carbons (Fsp3) is 0.417. The van der Waals surface area contributed by atoms with Gasteiger partial charge in [-0.2, -0.15) is 0 Å². The first-order chi connectivity index (χ1) is 8.29. The van der Waals surface area contributed by atoms with E-state index in [1.54, 1.807) is 0 Å². The van der Waals surface area contributed by atoms with Crippen LogP contribution in [0.5, 0.6) is 11.5 Å². The Morgan fingerprint density at radius 2 is 2.06 bits per heavy atom. The monoisotopic (exact) mass is 252 g/mol. The number of hydrogen-bond acceptors (Lipinski definition) is 3. The van der Waals surface area contributed by atoms with Crippen LogP contribution in [-0.2, 0) is 0 Å². The van der Waals surface area contributed by atoms with Crippen molar-refractivity contribution in [2.24, 2.45) is 0 Å². The maximum Gasteiger partial charge on any atom is 0.170 e. The molecule has 1 aliphatic rings. The lowest BCUT2D eigenvalue weighted by atomic mass is 10.3. The highest BCUT2D eigenvalue weighted by atomic mass is 32.1. The molecule has 4 nitrogen and oxygen atoms in total. The third-order valence-corrected chi connectivity index (χ3v) is 2.59. The Bertz CT molecular complexity index is 409. The van der Waals surface area contributed by atoms with Crippen molar-refractivity contribution < 1.29 is 9.47 Å². The summed E-state index contributed by atoms with van der Waals surface area (Å²) in [4.78, 5) is 0. The largest absolute Gasteiger partial charge is 0.490 e. The topological polar surface area (TPSA) is 42.5 Å². The molecule has 0 atom stereocenters. The highest BCUT2D eigenvalue weighted by molar-refractivity contribution is 7.80. The maximum atomic E-state index is 5.60. The smallest absolute Gasteiger partial charge is 0.170 e. The number of rotatable bonds is 2. The second kappa shape index (κ2) is 5.72. The molecule has 1 aromatic rings. The molecule has 0 saturated heterocycles. The molecule has 92 valence electrons. The van der Waals surface area contributed by atoms with Gasteiger partial charge in [0.15, 0.2) is 16.6 Å². The molecule has 2 N–H and O–H groups in total. The molecule has 0 amide bonds. The SMILES string of the molecule is CCNC(=S)Nc1ccc2c(c1)OCCCO2. The van der Waals surface area contributed by atoms with Crippen molar-refractivity contribution in [3.63, 3.8) is 0 Å². The normalized spacial score (nSPS) is 13.7. The van der Waals surface area contributed by atoms with Gasteiger partial charge in [0.05, 0.1) is 13.2 Å². The number of thiocarbonyl (C=S) groups is 1. The Hall–Kier alpha value is -1.49.